The molecule has 14 heavy (non-hydrogen) atoms. The lowest BCUT2D eigenvalue weighted by Gasteiger charge is -2.05. The van der Waals surface area contributed by atoms with Crippen molar-refractivity contribution in [3.8, 4) is 0 Å². The van der Waals surface area contributed by atoms with E-state index in [0.717, 1.165) is 11.2 Å². The minimum Gasteiger partial charge on any atom is -0.390 e. The molecule has 0 bridgehead atoms. The largest absolute Gasteiger partial charge is 0.390 e. The molecular formula is C12H15NO. The first-order valence-corrected chi connectivity index (χ1v) is 4.93. The number of aromatic amines is 1. The maximum atomic E-state index is 9.04. The van der Waals surface area contributed by atoms with Crippen LogP contribution in [0.2, 0.25) is 0 Å². The standard InChI is InChI=1S/C12H15NO/c1-8(2)10-4-3-5-12-11(10)6-9(7-14)13-12/h3-6,8,13-14H,7H2,1-2H3. The predicted octanol–water partition coefficient (Wildman–Crippen LogP) is 2.78. The Bertz CT molecular complexity index is 443. The van der Waals surface area contributed by atoms with Crippen molar-refractivity contribution < 1.29 is 5.11 Å². The zero-order valence-corrected chi connectivity index (χ0v) is 8.54. The average molecular weight is 189 g/mol. The molecule has 0 atom stereocenters. The number of hydrogen-bond donors (Lipinski definition) is 2. The van der Waals surface area contributed by atoms with Crippen molar-refractivity contribution in [2.24, 2.45) is 0 Å². The van der Waals surface area contributed by atoms with Gasteiger partial charge in [0.1, 0.15) is 0 Å². The number of hydrogen-bond acceptors (Lipinski definition) is 1. The van der Waals surface area contributed by atoms with Crippen molar-refractivity contribution in [1.29, 1.82) is 0 Å². The Kier molecular flexibility index (Phi) is 2.30. The third-order valence-electron chi connectivity index (χ3n) is 2.55. The lowest BCUT2D eigenvalue weighted by Crippen LogP contribution is -1.86. The van der Waals surface area contributed by atoms with Crippen molar-refractivity contribution in [2.75, 3.05) is 0 Å². The fourth-order valence-electron chi connectivity index (χ4n) is 1.83. The highest BCUT2D eigenvalue weighted by Gasteiger charge is 2.07. The summed E-state index contributed by atoms with van der Waals surface area (Å²) < 4.78 is 0. The molecule has 2 aromatic rings. The minimum atomic E-state index is 0.0756. The first-order chi connectivity index (χ1) is 6.72. The van der Waals surface area contributed by atoms with Crippen molar-refractivity contribution in [2.45, 2.75) is 26.4 Å². The van der Waals surface area contributed by atoms with E-state index >= 15 is 0 Å². The Balaban J connectivity index is 2.66. The van der Waals surface area contributed by atoms with Gasteiger partial charge in [0.05, 0.1) is 6.61 Å². The summed E-state index contributed by atoms with van der Waals surface area (Å²) in [5, 5.41) is 10.3. The highest BCUT2D eigenvalue weighted by atomic mass is 16.3. The molecule has 0 spiro atoms. The Morgan fingerprint density at radius 2 is 2.14 bits per heavy atom. The van der Waals surface area contributed by atoms with E-state index in [-0.39, 0.29) is 6.61 Å². The van der Waals surface area contributed by atoms with Crippen LogP contribution in [0.4, 0.5) is 0 Å². The summed E-state index contributed by atoms with van der Waals surface area (Å²) in [7, 11) is 0. The maximum absolute atomic E-state index is 9.04. The van der Waals surface area contributed by atoms with Gasteiger partial charge >= 0.3 is 0 Å². The minimum absolute atomic E-state index is 0.0756. The monoisotopic (exact) mass is 189 g/mol. The number of H-pyrrole nitrogens is 1. The molecule has 0 aliphatic rings. The van der Waals surface area contributed by atoms with Gasteiger partial charge in [-0.05, 0) is 23.6 Å². The van der Waals surface area contributed by atoms with Crippen LogP contribution >= 0.6 is 0 Å². The molecule has 1 aromatic carbocycles. The molecule has 74 valence electrons. The van der Waals surface area contributed by atoms with Gasteiger partial charge in [0.15, 0.2) is 0 Å². The zero-order valence-electron chi connectivity index (χ0n) is 8.54. The Labute approximate surface area is 83.6 Å². The van der Waals surface area contributed by atoms with Gasteiger partial charge in [0, 0.05) is 16.6 Å². The molecule has 1 aromatic heterocycles. The second kappa shape index (κ2) is 3.46. The molecule has 0 saturated heterocycles. The van der Waals surface area contributed by atoms with Crippen LogP contribution in [0.5, 0.6) is 0 Å². The fraction of sp³-hybridized carbons (Fsp3) is 0.333. The number of aliphatic hydroxyl groups is 1. The molecule has 0 amide bonds. The zero-order chi connectivity index (χ0) is 10.1. The van der Waals surface area contributed by atoms with E-state index in [1.165, 1.54) is 10.9 Å². The second-order valence-electron chi connectivity index (χ2n) is 3.92. The average Bonchev–Trinajstić information content (AvgIpc) is 2.59. The SMILES string of the molecule is CC(C)c1cccc2[nH]c(CO)cc12. The van der Waals surface area contributed by atoms with E-state index in [2.05, 4.69) is 31.0 Å². The number of rotatable bonds is 2. The topological polar surface area (TPSA) is 36.0 Å². The number of benzene rings is 1. The van der Waals surface area contributed by atoms with Crippen LogP contribution in [0.3, 0.4) is 0 Å². The maximum Gasteiger partial charge on any atom is 0.0831 e. The summed E-state index contributed by atoms with van der Waals surface area (Å²) in [5.74, 6) is 0.515. The van der Waals surface area contributed by atoms with E-state index in [1.54, 1.807) is 0 Å². The van der Waals surface area contributed by atoms with Crippen LogP contribution in [-0.2, 0) is 6.61 Å². The molecule has 0 aliphatic heterocycles. The summed E-state index contributed by atoms with van der Waals surface area (Å²) in [5.41, 5.74) is 3.33. The Morgan fingerprint density at radius 3 is 2.79 bits per heavy atom. The van der Waals surface area contributed by atoms with Crippen LogP contribution < -0.4 is 0 Å². The Morgan fingerprint density at radius 1 is 1.36 bits per heavy atom. The molecule has 2 rings (SSSR count). The smallest absolute Gasteiger partial charge is 0.0831 e. The number of fused-ring (bicyclic) bond motifs is 1. The van der Waals surface area contributed by atoms with E-state index in [0.29, 0.717) is 5.92 Å². The molecule has 1 heterocycles. The van der Waals surface area contributed by atoms with Crippen molar-refractivity contribution in [3.05, 3.63) is 35.5 Å². The van der Waals surface area contributed by atoms with Crippen molar-refractivity contribution >= 4 is 10.9 Å². The molecule has 0 aliphatic carbocycles. The van der Waals surface area contributed by atoms with Crippen LogP contribution in [0.25, 0.3) is 10.9 Å². The molecule has 2 N–H and O–H groups in total. The van der Waals surface area contributed by atoms with Gasteiger partial charge in [0.25, 0.3) is 0 Å². The molecular weight excluding hydrogens is 174 g/mol. The summed E-state index contributed by atoms with van der Waals surface area (Å²) in [6, 6.07) is 8.27. The molecule has 0 saturated carbocycles. The summed E-state index contributed by atoms with van der Waals surface area (Å²) in [6.07, 6.45) is 0. The Hall–Kier alpha value is -1.28. The summed E-state index contributed by atoms with van der Waals surface area (Å²) in [4.78, 5) is 3.19. The van der Waals surface area contributed by atoms with Crippen LogP contribution in [-0.4, -0.2) is 10.1 Å². The highest BCUT2D eigenvalue weighted by molar-refractivity contribution is 5.84. The van der Waals surface area contributed by atoms with Gasteiger partial charge in [0.2, 0.25) is 0 Å². The lowest BCUT2D eigenvalue weighted by molar-refractivity contribution is 0.278. The van der Waals surface area contributed by atoms with Gasteiger partial charge in [-0.1, -0.05) is 26.0 Å². The van der Waals surface area contributed by atoms with E-state index in [4.69, 9.17) is 5.11 Å². The number of aliphatic hydroxyl groups excluding tert-OH is 1. The second-order valence-corrected chi connectivity index (χ2v) is 3.92. The molecule has 2 nitrogen and oxygen atoms in total. The van der Waals surface area contributed by atoms with E-state index in [1.807, 2.05) is 12.1 Å². The predicted molar refractivity (Wildman–Crippen MR) is 58.3 cm³/mol. The third kappa shape index (κ3) is 1.42. The molecule has 0 fully saturated rings. The number of nitrogens with one attached hydrogen (secondary N) is 1. The highest BCUT2D eigenvalue weighted by Crippen LogP contribution is 2.25. The lowest BCUT2D eigenvalue weighted by atomic mass is 9.99. The third-order valence-corrected chi connectivity index (χ3v) is 2.55. The first kappa shape index (κ1) is 9.28. The normalized spacial score (nSPS) is 11.4. The quantitative estimate of drug-likeness (QED) is 0.748. The summed E-state index contributed by atoms with van der Waals surface area (Å²) in [6.45, 7) is 4.44. The number of aromatic nitrogens is 1. The van der Waals surface area contributed by atoms with Crippen LogP contribution in [0, 0.1) is 0 Å². The van der Waals surface area contributed by atoms with Gasteiger partial charge in [-0.2, -0.15) is 0 Å². The van der Waals surface area contributed by atoms with Crippen molar-refractivity contribution in [3.63, 3.8) is 0 Å². The van der Waals surface area contributed by atoms with E-state index in [9.17, 15) is 0 Å². The first-order valence-electron chi connectivity index (χ1n) is 4.93. The van der Waals surface area contributed by atoms with E-state index < -0.39 is 0 Å². The fourth-order valence-corrected chi connectivity index (χ4v) is 1.83. The molecule has 0 radical (unpaired) electrons. The van der Waals surface area contributed by atoms with Gasteiger partial charge in [-0.25, -0.2) is 0 Å². The van der Waals surface area contributed by atoms with Crippen LogP contribution in [0.1, 0.15) is 31.0 Å². The van der Waals surface area contributed by atoms with Crippen LogP contribution in [0.15, 0.2) is 24.3 Å². The summed E-state index contributed by atoms with van der Waals surface area (Å²) >= 11 is 0. The molecule has 0 unspecified atom stereocenters. The van der Waals surface area contributed by atoms with Gasteiger partial charge < -0.3 is 10.1 Å². The van der Waals surface area contributed by atoms with Gasteiger partial charge in [-0.3, -0.25) is 0 Å². The molecule has 2 heteroatoms. The van der Waals surface area contributed by atoms with Crippen molar-refractivity contribution in [1.82, 2.24) is 4.98 Å². The van der Waals surface area contributed by atoms with Gasteiger partial charge in [-0.15, -0.1) is 0 Å².